The lowest BCUT2D eigenvalue weighted by atomic mass is 10.1. The van der Waals surface area contributed by atoms with Crippen LogP contribution in [0.3, 0.4) is 0 Å². The van der Waals surface area contributed by atoms with Crippen molar-refractivity contribution in [1.29, 1.82) is 0 Å². The SMILES string of the molecule is COc1ccc(OC)c([C@@H](C)NC(=O)[C@H](C)N(c2cc(Cl)ccc2C)S(C)(=O)=O)c1. The first-order chi connectivity index (χ1) is 14.0. The zero-order chi connectivity index (χ0) is 22.6. The van der Waals surface area contributed by atoms with Gasteiger partial charge >= 0.3 is 0 Å². The number of aryl methyl sites for hydroxylation is 1. The lowest BCUT2D eigenvalue weighted by molar-refractivity contribution is -0.122. The summed E-state index contributed by atoms with van der Waals surface area (Å²) in [4.78, 5) is 13.0. The Bertz CT molecular complexity index is 1030. The molecule has 0 saturated carbocycles. The van der Waals surface area contributed by atoms with E-state index in [0.29, 0.717) is 33.3 Å². The molecule has 7 nitrogen and oxygen atoms in total. The molecule has 0 heterocycles. The van der Waals surface area contributed by atoms with E-state index in [-0.39, 0.29) is 0 Å². The van der Waals surface area contributed by atoms with Crippen LogP contribution in [0.25, 0.3) is 0 Å². The summed E-state index contributed by atoms with van der Waals surface area (Å²) < 4.78 is 36.8. The van der Waals surface area contributed by atoms with Crippen molar-refractivity contribution >= 4 is 33.2 Å². The van der Waals surface area contributed by atoms with Crippen LogP contribution in [0.5, 0.6) is 11.5 Å². The largest absolute Gasteiger partial charge is 0.497 e. The fourth-order valence-electron chi connectivity index (χ4n) is 3.19. The van der Waals surface area contributed by atoms with Crippen molar-refractivity contribution in [3.05, 3.63) is 52.5 Å². The summed E-state index contributed by atoms with van der Waals surface area (Å²) in [6.45, 7) is 5.09. The van der Waals surface area contributed by atoms with Gasteiger partial charge in [-0.1, -0.05) is 17.7 Å². The maximum Gasteiger partial charge on any atom is 0.244 e. The summed E-state index contributed by atoms with van der Waals surface area (Å²) in [5.74, 6) is 0.742. The van der Waals surface area contributed by atoms with Gasteiger partial charge in [-0.15, -0.1) is 0 Å². The minimum atomic E-state index is -3.76. The number of carbonyl (C=O) groups is 1. The van der Waals surface area contributed by atoms with Crippen molar-refractivity contribution in [3.8, 4) is 11.5 Å². The highest BCUT2D eigenvalue weighted by Crippen LogP contribution is 2.31. The van der Waals surface area contributed by atoms with Crippen LogP contribution in [-0.2, 0) is 14.8 Å². The number of nitrogens with zero attached hydrogens (tertiary/aromatic N) is 1. The van der Waals surface area contributed by atoms with Crippen LogP contribution in [0.15, 0.2) is 36.4 Å². The maximum atomic E-state index is 13.0. The minimum absolute atomic E-state index is 0.360. The van der Waals surface area contributed by atoms with Crippen molar-refractivity contribution in [3.63, 3.8) is 0 Å². The van der Waals surface area contributed by atoms with Gasteiger partial charge < -0.3 is 14.8 Å². The summed E-state index contributed by atoms with van der Waals surface area (Å²) in [6.07, 6.45) is 1.06. The highest BCUT2D eigenvalue weighted by Gasteiger charge is 2.31. The van der Waals surface area contributed by atoms with Gasteiger partial charge in [-0.25, -0.2) is 8.42 Å². The lowest BCUT2D eigenvalue weighted by Crippen LogP contribution is -2.48. The normalized spacial score (nSPS) is 13.3. The number of halogens is 1. The molecule has 1 N–H and O–H groups in total. The fraction of sp³-hybridized carbons (Fsp3) is 0.381. The fourth-order valence-corrected chi connectivity index (χ4v) is 4.58. The molecule has 2 aromatic rings. The average Bonchev–Trinajstić information content (AvgIpc) is 2.68. The first-order valence-electron chi connectivity index (χ1n) is 9.27. The average molecular weight is 455 g/mol. The van der Waals surface area contributed by atoms with Crippen molar-refractivity contribution in [2.45, 2.75) is 32.9 Å². The third kappa shape index (κ3) is 5.37. The molecule has 0 spiro atoms. The van der Waals surface area contributed by atoms with Crippen LogP contribution >= 0.6 is 11.6 Å². The predicted molar refractivity (Wildman–Crippen MR) is 119 cm³/mol. The number of nitrogens with one attached hydrogen (secondary N) is 1. The highest BCUT2D eigenvalue weighted by atomic mass is 35.5. The maximum absolute atomic E-state index is 13.0. The molecule has 0 aliphatic carbocycles. The number of carbonyl (C=O) groups excluding carboxylic acids is 1. The van der Waals surface area contributed by atoms with Crippen molar-refractivity contribution < 1.29 is 22.7 Å². The molecule has 2 rings (SSSR count). The van der Waals surface area contributed by atoms with Crippen LogP contribution in [0.1, 0.15) is 31.0 Å². The third-order valence-corrected chi connectivity index (χ3v) is 6.22. The molecule has 2 atom stereocenters. The summed E-state index contributed by atoms with van der Waals surface area (Å²) in [6, 6.07) is 8.74. The van der Waals surface area contributed by atoms with E-state index in [4.69, 9.17) is 21.1 Å². The van der Waals surface area contributed by atoms with E-state index in [1.165, 1.54) is 20.1 Å². The van der Waals surface area contributed by atoms with Crippen LogP contribution in [0, 0.1) is 6.92 Å². The zero-order valence-electron chi connectivity index (χ0n) is 17.9. The Labute approximate surface area is 183 Å². The first kappa shape index (κ1) is 23.8. The van der Waals surface area contributed by atoms with Crippen molar-refractivity contribution in [2.75, 3.05) is 24.8 Å². The molecular weight excluding hydrogens is 428 g/mol. The molecule has 30 heavy (non-hydrogen) atoms. The predicted octanol–water partition coefficient (Wildman–Crippen LogP) is 3.70. The molecule has 0 bridgehead atoms. The molecule has 9 heteroatoms. The standard InChI is InChI=1S/C21H27ClN2O5S/c1-13-7-8-16(22)11-19(13)24(30(6,26)27)15(3)21(25)23-14(2)18-12-17(28-4)9-10-20(18)29-5/h7-12,14-15H,1-6H3,(H,23,25)/t14-,15+/m1/s1. The van der Waals surface area contributed by atoms with E-state index in [1.807, 2.05) is 0 Å². The number of hydrogen-bond acceptors (Lipinski definition) is 5. The van der Waals surface area contributed by atoms with Crippen LogP contribution in [0.4, 0.5) is 5.69 Å². The van der Waals surface area contributed by atoms with Gasteiger partial charge in [0.25, 0.3) is 0 Å². The molecule has 0 aliphatic rings. The van der Waals surface area contributed by atoms with Gasteiger partial charge in [-0.3, -0.25) is 9.10 Å². The summed E-state index contributed by atoms with van der Waals surface area (Å²) >= 11 is 6.07. The number of amides is 1. The Morgan fingerprint density at radius 3 is 2.33 bits per heavy atom. The molecule has 0 aromatic heterocycles. The Morgan fingerprint density at radius 1 is 1.10 bits per heavy atom. The van der Waals surface area contributed by atoms with E-state index in [2.05, 4.69) is 5.32 Å². The van der Waals surface area contributed by atoms with Gasteiger partial charge in [0, 0.05) is 10.6 Å². The number of rotatable bonds is 8. The molecule has 164 valence electrons. The van der Waals surface area contributed by atoms with Gasteiger partial charge in [0.1, 0.15) is 17.5 Å². The Balaban J connectivity index is 2.35. The molecule has 2 aromatic carbocycles. The van der Waals surface area contributed by atoms with Gasteiger partial charge in [0.05, 0.1) is 32.2 Å². The van der Waals surface area contributed by atoms with Gasteiger partial charge in [-0.2, -0.15) is 0 Å². The highest BCUT2D eigenvalue weighted by molar-refractivity contribution is 7.92. The molecule has 0 fully saturated rings. The Hall–Kier alpha value is -2.45. The second-order valence-corrected chi connectivity index (χ2v) is 9.30. The van der Waals surface area contributed by atoms with Crippen LogP contribution in [0.2, 0.25) is 5.02 Å². The van der Waals surface area contributed by atoms with E-state index in [1.54, 1.807) is 51.3 Å². The molecule has 0 saturated heterocycles. The number of benzene rings is 2. The molecule has 0 radical (unpaired) electrons. The van der Waals surface area contributed by atoms with Crippen molar-refractivity contribution in [1.82, 2.24) is 5.32 Å². The minimum Gasteiger partial charge on any atom is -0.497 e. The van der Waals surface area contributed by atoms with E-state index in [9.17, 15) is 13.2 Å². The first-order valence-corrected chi connectivity index (χ1v) is 11.5. The third-order valence-electron chi connectivity index (χ3n) is 4.76. The van der Waals surface area contributed by atoms with Gasteiger partial charge in [0.15, 0.2) is 0 Å². The lowest BCUT2D eigenvalue weighted by Gasteiger charge is -2.30. The summed E-state index contributed by atoms with van der Waals surface area (Å²) in [7, 11) is -0.669. The number of ether oxygens (including phenoxy) is 2. The Morgan fingerprint density at radius 2 is 1.77 bits per heavy atom. The van der Waals surface area contributed by atoms with Crippen molar-refractivity contribution in [2.24, 2.45) is 0 Å². The second kappa shape index (κ2) is 9.57. The number of sulfonamides is 1. The monoisotopic (exact) mass is 454 g/mol. The molecule has 0 aliphatic heterocycles. The smallest absolute Gasteiger partial charge is 0.244 e. The Kier molecular flexibility index (Phi) is 7.60. The molecule has 1 amide bonds. The van der Waals surface area contributed by atoms with E-state index >= 15 is 0 Å². The molecular formula is C21H27ClN2O5S. The van der Waals surface area contributed by atoms with E-state index < -0.39 is 28.0 Å². The topological polar surface area (TPSA) is 84.9 Å². The van der Waals surface area contributed by atoms with Crippen LogP contribution in [-0.4, -0.2) is 40.8 Å². The number of anilines is 1. The van der Waals surface area contributed by atoms with Gasteiger partial charge in [0.2, 0.25) is 15.9 Å². The number of hydrogen-bond donors (Lipinski definition) is 1. The quantitative estimate of drug-likeness (QED) is 0.657. The number of methoxy groups -OCH3 is 2. The summed E-state index contributed by atoms with van der Waals surface area (Å²) in [5.41, 5.74) is 1.76. The van der Waals surface area contributed by atoms with Gasteiger partial charge in [-0.05, 0) is 56.7 Å². The molecule has 0 unspecified atom stereocenters. The van der Waals surface area contributed by atoms with Crippen LogP contribution < -0.4 is 19.1 Å². The second-order valence-electron chi connectivity index (χ2n) is 7.00. The summed E-state index contributed by atoms with van der Waals surface area (Å²) in [5, 5.41) is 3.25. The zero-order valence-corrected chi connectivity index (χ0v) is 19.5. The van der Waals surface area contributed by atoms with E-state index in [0.717, 1.165) is 10.6 Å².